The molecule has 1 aromatic rings. The summed E-state index contributed by atoms with van der Waals surface area (Å²) in [6.07, 6.45) is 8.39. The zero-order chi connectivity index (χ0) is 24.5. The first kappa shape index (κ1) is 23.8. The smallest absolute Gasteiger partial charge is 0.410 e. The summed E-state index contributed by atoms with van der Waals surface area (Å²) in [6.45, 7) is 10.8. The molecule has 4 fully saturated rings. The molecule has 1 aromatic carbocycles. The molecule has 9 atom stereocenters. The number of amides is 1. The van der Waals surface area contributed by atoms with Crippen molar-refractivity contribution in [2.24, 2.45) is 35.0 Å². The maximum atomic E-state index is 12.2. The quantitative estimate of drug-likeness (QED) is 0.491. The van der Waals surface area contributed by atoms with Gasteiger partial charge in [-0.05, 0) is 104 Å². The molecule has 5 nitrogen and oxygen atoms in total. The SMILES string of the molecule is CCN(C)C(=O)Oc1ccc2c(c1)CC[C@@H]1[C@@H]2CC[C@]2(C)[C@@H]3[C@H](C[C@@H]12)O[C@]1(CC[C@@H](C)CO1)[C@H]3C. The molecule has 1 amide bonds. The van der Waals surface area contributed by atoms with Gasteiger partial charge in [0.05, 0.1) is 12.7 Å². The number of hydrogen-bond donors (Lipinski definition) is 0. The minimum atomic E-state index is -0.328. The highest BCUT2D eigenvalue weighted by molar-refractivity contribution is 5.70. The molecule has 6 rings (SSSR count). The molecule has 2 saturated heterocycles. The van der Waals surface area contributed by atoms with Crippen LogP contribution in [0.1, 0.15) is 83.3 Å². The van der Waals surface area contributed by atoms with Crippen molar-refractivity contribution in [1.29, 1.82) is 0 Å². The van der Waals surface area contributed by atoms with Gasteiger partial charge < -0.3 is 19.1 Å². The summed E-state index contributed by atoms with van der Waals surface area (Å²) >= 11 is 0. The van der Waals surface area contributed by atoms with Gasteiger partial charge in [0.15, 0.2) is 5.79 Å². The average Bonchev–Trinajstić information content (AvgIpc) is 3.30. The molecular formula is C30H43NO4. The molecule has 5 heteroatoms. The third-order valence-electron chi connectivity index (χ3n) is 11.0. The molecule has 192 valence electrons. The zero-order valence-electron chi connectivity index (χ0n) is 22.2. The van der Waals surface area contributed by atoms with Gasteiger partial charge in [0, 0.05) is 25.9 Å². The van der Waals surface area contributed by atoms with E-state index in [-0.39, 0.29) is 11.9 Å². The van der Waals surface area contributed by atoms with E-state index in [9.17, 15) is 4.79 Å². The number of hydrogen-bond acceptors (Lipinski definition) is 4. The molecule has 2 saturated carbocycles. The van der Waals surface area contributed by atoms with Crippen molar-refractivity contribution in [1.82, 2.24) is 4.90 Å². The highest BCUT2D eigenvalue weighted by Gasteiger charge is 2.67. The van der Waals surface area contributed by atoms with Crippen LogP contribution in [0.3, 0.4) is 0 Å². The third-order valence-corrected chi connectivity index (χ3v) is 11.0. The van der Waals surface area contributed by atoms with Crippen LogP contribution in [0, 0.1) is 35.0 Å². The molecule has 0 unspecified atom stereocenters. The van der Waals surface area contributed by atoms with Gasteiger partial charge in [0.25, 0.3) is 0 Å². The van der Waals surface area contributed by atoms with Crippen LogP contribution in [0.4, 0.5) is 4.79 Å². The Morgan fingerprint density at radius 1 is 1.20 bits per heavy atom. The lowest BCUT2D eigenvalue weighted by Crippen LogP contribution is -2.48. The number of rotatable bonds is 2. The van der Waals surface area contributed by atoms with Crippen molar-refractivity contribution < 1.29 is 19.0 Å². The second kappa shape index (κ2) is 8.48. The maximum Gasteiger partial charge on any atom is 0.414 e. The van der Waals surface area contributed by atoms with Crippen LogP contribution in [0.25, 0.3) is 0 Å². The first-order valence-electron chi connectivity index (χ1n) is 14.1. The van der Waals surface area contributed by atoms with Gasteiger partial charge in [0.1, 0.15) is 5.75 Å². The van der Waals surface area contributed by atoms with Crippen LogP contribution in [0.5, 0.6) is 5.75 Å². The Labute approximate surface area is 210 Å². The minimum absolute atomic E-state index is 0.282. The van der Waals surface area contributed by atoms with Crippen LogP contribution in [0.2, 0.25) is 0 Å². The van der Waals surface area contributed by atoms with Crippen LogP contribution in [-0.2, 0) is 15.9 Å². The zero-order valence-corrected chi connectivity index (χ0v) is 22.2. The van der Waals surface area contributed by atoms with E-state index < -0.39 is 0 Å². The normalized spacial score (nSPS) is 43.7. The fraction of sp³-hybridized carbons (Fsp3) is 0.767. The van der Waals surface area contributed by atoms with E-state index in [1.807, 2.05) is 13.0 Å². The van der Waals surface area contributed by atoms with Gasteiger partial charge in [0.2, 0.25) is 0 Å². The summed E-state index contributed by atoms with van der Waals surface area (Å²) < 4.78 is 19.0. The molecule has 2 aliphatic heterocycles. The highest BCUT2D eigenvalue weighted by atomic mass is 16.7. The number of carbonyl (C=O) groups is 1. The predicted molar refractivity (Wildman–Crippen MR) is 135 cm³/mol. The van der Waals surface area contributed by atoms with Gasteiger partial charge in [-0.15, -0.1) is 0 Å². The number of benzene rings is 1. The fourth-order valence-electron chi connectivity index (χ4n) is 8.95. The topological polar surface area (TPSA) is 48.0 Å². The molecule has 35 heavy (non-hydrogen) atoms. The summed E-state index contributed by atoms with van der Waals surface area (Å²) in [4.78, 5) is 13.8. The summed E-state index contributed by atoms with van der Waals surface area (Å²) in [5, 5.41) is 0. The number of aryl methyl sites for hydroxylation is 1. The standard InChI is InChI=1S/C30H43NO4/c1-6-31(5)28(32)34-21-8-10-22-20(15-21)7-9-24-23(22)12-13-29(4)25(24)16-26-27(29)19(3)30(35-26)14-11-18(2)17-33-30/h8,10,15,18-19,23-27H,6-7,9,11-14,16-17H2,1-5H3/t18-,19+,23-,24-,25+,26+,27+,29+,30-/m1/s1. The molecule has 3 aliphatic carbocycles. The number of carbonyl (C=O) groups excluding carboxylic acids is 1. The Morgan fingerprint density at radius 3 is 2.77 bits per heavy atom. The van der Waals surface area contributed by atoms with Crippen molar-refractivity contribution in [3.8, 4) is 5.75 Å². The molecular weight excluding hydrogens is 438 g/mol. The van der Waals surface area contributed by atoms with E-state index in [0.29, 0.717) is 47.5 Å². The summed E-state index contributed by atoms with van der Waals surface area (Å²) in [6, 6.07) is 6.39. The van der Waals surface area contributed by atoms with E-state index in [1.165, 1.54) is 43.2 Å². The Bertz CT molecular complexity index is 985. The number of fused-ring (bicyclic) bond motifs is 7. The van der Waals surface area contributed by atoms with Crippen molar-refractivity contribution in [3.05, 3.63) is 29.3 Å². The maximum absolute atomic E-state index is 12.2. The lowest BCUT2D eigenvalue weighted by atomic mass is 9.53. The summed E-state index contributed by atoms with van der Waals surface area (Å²) in [5.41, 5.74) is 3.23. The van der Waals surface area contributed by atoms with E-state index in [0.717, 1.165) is 31.3 Å². The van der Waals surface area contributed by atoms with E-state index in [2.05, 4.69) is 32.9 Å². The van der Waals surface area contributed by atoms with E-state index >= 15 is 0 Å². The van der Waals surface area contributed by atoms with Gasteiger partial charge in [-0.1, -0.05) is 26.8 Å². The summed E-state index contributed by atoms with van der Waals surface area (Å²) in [5.74, 6) is 4.16. The number of ether oxygens (including phenoxy) is 3. The molecule has 0 bridgehead atoms. The van der Waals surface area contributed by atoms with Gasteiger partial charge >= 0.3 is 6.09 Å². The van der Waals surface area contributed by atoms with Gasteiger partial charge in [-0.25, -0.2) is 4.79 Å². The largest absolute Gasteiger partial charge is 0.414 e. The fourth-order valence-corrected chi connectivity index (χ4v) is 8.95. The molecule has 0 N–H and O–H groups in total. The number of nitrogens with zero attached hydrogens (tertiary/aromatic N) is 1. The molecule has 1 spiro atoms. The van der Waals surface area contributed by atoms with Crippen molar-refractivity contribution >= 4 is 6.09 Å². The lowest BCUT2D eigenvalue weighted by Gasteiger charge is -2.52. The first-order valence-corrected chi connectivity index (χ1v) is 14.1. The average molecular weight is 482 g/mol. The summed E-state index contributed by atoms with van der Waals surface area (Å²) in [7, 11) is 1.77. The second-order valence-corrected chi connectivity index (χ2v) is 12.7. The molecule has 0 aromatic heterocycles. The Kier molecular flexibility index (Phi) is 5.76. The van der Waals surface area contributed by atoms with Gasteiger partial charge in [-0.3, -0.25) is 0 Å². The van der Waals surface area contributed by atoms with Gasteiger partial charge in [-0.2, -0.15) is 0 Å². The minimum Gasteiger partial charge on any atom is -0.410 e. The molecule has 5 aliphatic rings. The lowest BCUT2D eigenvalue weighted by molar-refractivity contribution is -0.272. The third kappa shape index (κ3) is 3.59. The van der Waals surface area contributed by atoms with E-state index in [1.54, 1.807) is 11.9 Å². The monoisotopic (exact) mass is 481 g/mol. The van der Waals surface area contributed by atoms with Crippen LogP contribution in [0.15, 0.2) is 18.2 Å². The van der Waals surface area contributed by atoms with Crippen molar-refractivity contribution in [2.75, 3.05) is 20.2 Å². The van der Waals surface area contributed by atoms with Crippen LogP contribution >= 0.6 is 0 Å². The predicted octanol–water partition coefficient (Wildman–Crippen LogP) is 6.40. The van der Waals surface area contributed by atoms with E-state index in [4.69, 9.17) is 14.2 Å². The second-order valence-electron chi connectivity index (χ2n) is 12.7. The Balaban J connectivity index is 1.21. The molecule has 0 radical (unpaired) electrons. The molecule has 2 heterocycles. The van der Waals surface area contributed by atoms with Crippen molar-refractivity contribution in [3.63, 3.8) is 0 Å². The first-order chi connectivity index (χ1) is 16.8. The van der Waals surface area contributed by atoms with Crippen LogP contribution < -0.4 is 4.74 Å². The Hall–Kier alpha value is -1.59. The van der Waals surface area contributed by atoms with Crippen LogP contribution in [-0.4, -0.2) is 43.1 Å². The van der Waals surface area contributed by atoms with Crippen molar-refractivity contribution in [2.45, 2.75) is 90.4 Å². The highest BCUT2D eigenvalue weighted by Crippen LogP contribution is 2.69. The Morgan fingerprint density at radius 2 is 2.03 bits per heavy atom.